The van der Waals surface area contributed by atoms with Crippen molar-refractivity contribution in [2.24, 2.45) is 5.92 Å². The first-order valence-corrected chi connectivity index (χ1v) is 8.40. The summed E-state index contributed by atoms with van der Waals surface area (Å²) < 4.78 is 5.35. The Kier molecular flexibility index (Phi) is 5.58. The van der Waals surface area contributed by atoms with Gasteiger partial charge in [0.1, 0.15) is 11.9 Å². The Bertz CT molecular complexity index is 465. The number of nitrogens with one attached hydrogen (secondary N) is 1. The second-order valence-electron chi connectivity index (χ2n) is 5.60. The first kappa shape index (κ1) is 16.2. The van der Waals surface area contributed by atoms with Gasteiger partial charge >= 0.3 is 5.97 Å². The Morgan fingerprint density at radius 1 is 1.57 bits per heavy atom. The van der Waals surface area contributed by atoms with E-state index in [0.717, 1.165) is 17.9 Å². The van der Waals surface area contributed by atoms with E-state index in [-0.39, 0.29) is 12.0 Å². The lowest BCUT2D eigenvalue weighted by Gasteiger charge is -2.34. The SMILES string of the molecule is CCOC(=O)C(CSc1ccncn1)(NC(C)C)C1CC1. The lowest BCUT2D eigenvalue weighted by atomic mass is 9.94. The van der Waals surface area contributed by atoms with E-state index in [2.05, 4.69) is 29.1 Å². The van der Waals surface area contributed by atoms with Crippen LogP contribution in [0.25, 0.3) is 0 Å². The molecule has 6 heteroatoms. The Hall–Kier alpha value is -1.14. The van der Waals surface area contributed by atoms with Gasteiger partial charge in [0.25, 0.3) is 0 Å². The number of rotatable bonds is 8. The maximum absolute atomic E-state index is 12.6. The smallest absolute Gasteiger partial charge is 0.327 e. The highest BCUT2D eigenvalue weighted by Crippen LogP contribution is 2.43. The largest absolute Gasteiger partial charge is 0.465 e. The Morgan fingerprint density at radius 2 is 2.33 bits per heavy atom. The number of nitrogens with zero attached hydrogens (tertiary/aromatic N) is 2. The van der Waals surface area contributed by atoms with Gasteiger partial charge < -0.3 is 4.74 Å². The van der Waals surface area contributed by atoms with E-state index >= 15 is 0 Å². The standard InChI is InChI=1S/C15H23N3O2S/c1-4-20-14(19)15(12-5-6-12,18-11(2)3)9-21-13-7-8-16-10-17-13/h7-8,10-12,18H,4-6,9H2,1-3H3. The van der Waals surface area contributed by atoms with Gasteiger partial charge in [-0.1, -0.05) is 0 Å². The van der Waals surface area contributed by atoms with E-state index in [1.54, 1.807) is 18.0 Å². The van der Waals surface area contributed by atoms with Crippen molar-refractivity contribution >= 4 is 17.7 Å². The minimum atomic E-state index is -0.611. The van der Waals surface area contributed by atoms with Crippen molar-refractivity contribution in [1.82, 2.24) is 15.3 Å². The summed E-state index contributed by atoms with van der Waals surface area (Å²) in [6.07, 6.45) is 5.39. The normalized spacial score (nSPS) is 17.5. The second kappa shape index (κ2) is 7.22. The molecule has 1 heterocycles. The maximum Gasteiger partial charge on any atom is 0.327 e. The van der Waals surface area contributed by atoms with Crippen LogP contribution in [0.4, 0.5) is 0 Å². The summed E-state index contributed by atoms with van der Waals surface area (Å²) in [7, 11) is 0. The van der Waals surface area contributed by atoms with Crippen LogP contribution < -0.4 is 5.32 Å². The van der Waals surface area contributed by atoms with Gasteiger partial charge in [-0.3, -0.25) is 10.1 Å². The third-order valence-electron chi connectivity index (χ3n) is 3.46. The average Bonchev–Trinajstić information content (AvgIpc) is 3.29. The zero-order valence-electron chi connectivity index (χ0n) is 12.8. The molecule has 1 N–H and O–H groups in total. The van der Waals surface area contributed by atoms with Crippen molar-refractivity contribution in [1.29, 1.82) is 0 Å². The molecule has 0 aromatic carbocycles. The summed E-state index contributed by atoms with van der Waals surface area (Å²) in [6.45, 7) is 6.38. The number of carbonyl (C=O) groups is 1. The van der Waals surface area contributed by atoms with Gasteiger partial charge in [0.2, 0.25) is 0 Å². The van der Waals surface area contributed by atoms with E-state index < -0.39 is 5.54 Å². The number of aromatic nitrogens is 2. The number of hydrogen-bond donors (Lipinski definition) is 1. The molecular formula is C15H23N3O2S. The minimum Gasteiger partial charge on any atom is -0.465 e. The quantitative estimate of drug-likeness (QED) is 0.451. The van der Waals surface area contributed by atoms with Crippen molar-refractivity contribution in [3.05, 3.63) is 18.6 Å². The summed E-state index contributed by atoms with van der Waals surface area (Å²) in [5.74, 6) is 0.849. The molecule has 0 aliphatic heterocycles. The van der Waals surface area contributed by atoms with Crippen LogP contribution in [-0.4, -0.2) is 39.9 Å². The molecule has 1 unspecified atom stereocenters. The number of ether oxygens (including phenoxy) is 1. The Balaban J connectivity index is 2.15. The van der Waals surface area contributed by atoms with Crippen LogP contribution in [0.2, 0.25) is 0 Å². The topological polar surface area (TPSA) is 64.1 Å². The highest BCUT2D eigenvalue weighted by atomic mass is 32.2. The van der Waals surface area contributed by atoms with Crippen LogP contribution in [0.1, 0.15) is 33.6 Å². The zero-order chi connectivity index (χ0) is 15.3. The fourth-order valence-electron chi connectivity index (χ4n) is 2.46. The molecule has 116 valence electrons. The molecule has 1 atom stereocenters. The molecule has 1 fully saturated rings. The third kappa shape index (κ3) is 4.17. The third-order valence-corrected chi connectivity index (χ3v) is 4.60. The van der Waals surface area contributed by atoms with Crippen molar-refractivity contribution in [3.63, 3.8) is 0 Å². The number of thioether (sulfide) groups is 1. The molecule has 0 saturated heterocycles. The Labute approximate surface area is 130 Å². The molecule has 21 heavy (non-hydrogen) atoms. The monoisotopic (exact) mass is 309 g/mol. The van der Waals surface area contributed by atoms with Gasteiger partial charge in [-0.2, -0.15) is 0 Å². The van der Waals surface area contributed by atoms with Crippen molar-refractivity contribution in [2.45, 2.75) is 50.2 Å². The lowest BCUT2D eigenvalue weighted by Crippen LogP contribution is -2.59. The molecule has 1 saturated carbocycles. The van der Waals surface area contributed by atoms with E-state index in [1.165, 1.54) is 6.33 Å². The molecule has 0 spiro atoms. The molecular weight excluding hydrogens is 286 g/mol. The van der Waals surface area contributed by atoms with Crippen molar-refractivity contribution in [2.75, 3.05) is 12.4 Å². The molecule has 2 rings (SSSR count). The number of carbonyl (C=O) groups excluding carboxylic acids is 1. The summed E-state index contributed by atoms with van der Waals surface area (Å²) in [4.78, 5) is 20.7. The summed E-state index contributed by atoms with van der Waals surface area (Å²) in [5, 5.41) is 4.35. The molecule has 1 aromatic rings. The van der Waals surface area contributed by atoms with Gasteiger partial charge in [-0.25, -0.2) is 9.97 Å². The van der Waals surface area contributed by atoms with E-state index in [1.807, 2.05) is 13.0 Å². The van der Waals surface area contributed by atoms with Crippen LogP contribution >= 0.6 is 11.8 Å². The highest BCUT2D eigenvalue weighted by molar-refractivity contribution is 7.99. The molecule has 1 aromatic heterocycles. The summed E-state index contributed by atoms with van der Waals surface area (Å²) in [6, 6.07) is 2.09. The van der Waals surface area contributed by atoms with Gasteiger partial charge in [0, 0.05) is 18.0 Å². The van der Waals surface area contributed by atoms with Crippen molar-refractivity contribution in [3.8, 4) is 0 Å². The molecule has 1 aliphatic carbocycles. The first-order valence-electron chi connectivity index (χ1n) is 7.42. The van der Waals surface area contributed by atoms with Crippen LogP contribution in [0.3, 0.4) is 0 Å². The fraction of sp³-hybridized carbons (Fsp3) is 0.667. The van der Waals surface area contributed by atoms with Crippen LogP contribution in [0.15, 0.2) is 23.6 Å². The maximum atomic E-state index is 12.6. The Morgan fingerprint density at radius 3 is 2.86 bits per heavy atom. The van der Waals surface area contributed by atoms with Crippen LogP contribution in [0.5, 0.6) is 0 Å². The molecule has 0 amide bonds. The summed E-state index contributed by atoms with van der Waals surface area (Å²) >= 11 is 1.58. The van der Waals surface area contributed by atoms with Gasteiger partial charge in [-0.05, 0) is 45.6 Å². The fourth-order valence-corrected chi connectivity index (χ4v) is 3.56. The predicted octanol–water partition coefficient (Wildman–Crippen LogP) is 2.28. The molecule has 0 bridgehead atoms. The van der Waals surface area contributed by atoms with Crippen LogP contribution in [0, 0.1) is 5.92 Å². The summed E-state index contributed by atoms with van der Waals surface area (Å²) in [5.41, 5.74) is -0.611. The highest BCUT2D eigenvalue weighted by Gasteiger charge is 2.52. The number of esters is 1. The minimum absolute atomic E-state index is 0.136. The molecule has 0 radical (unpaired) electrons. The van der Waals surface area contributed by atoms with Crippen molar-refractivity contribution < 1.29 is 9.53 Å². The van der Waals surface area contributed by atoms with Gasteiger partial charge in [0.05, 0.1) is 11.6 Å². The van der Waals surface area contributed by atoms with E-state index in [9.17, 15) is 4.79 Å². The molecule has 1 aliphatic rings. The lowest BCUT2D eigenvalue weighted by molar-refractivity contribution is -0.151. The average molecular weight is 309 g/mol. The molecule has 5 nitrogen and oxygen atoms in total. The van der Waals surface area contributed by atoms with Gasteiger partial charge in [-0.15, -0.1) is 11.8 Å². The van der Waals surface area contributed by atoms with E-state index in [4.69, 9.17) is 4.74 Å². The van der Waals surface area contributed by atoms with Gasteiger partial charge in [0.15, 0.2) is 0 Å². The van der Waals surface area contributed by atoms with E-state index in [0.29, 0.717) is 18.3 Å². The van der Waals surface area contributed by atoms with Crippen LogP contribution in [-0.2, 0) is 9.53 Å². The second-order valence-corrected chi connectivity index (χ2v) is 6.60. The zero-order valence-corrected chi connectivity index (χ0v) is 13.7. The predicted molar refractivity (Wildman–Crippen MR) is 83.1 cm³/mol. The number of hydrogen-bond acceptors (Lipinski definition) is 6. The first-order chi connectivity index (χ1) is 10.1.